The van der Waals surface area contributed by atoms with E-state index in [1.807, 2.05) is 54.0 Å². The first-order chi connectivity index (χ1) is 13.0. The van der Waals surface area contributed by atoms with Gasteiger partial charge in [-0.2, -0.15) is 0 Å². The molecule has 3 rings (SSSR count). The molecule has 6 heteroatoms. The van der Waals surface area contributed by atoms with Crippen LogP contribution in [0.3, 0.4) is 0 Å². The van der Waals surface area contributed by atoms with E-state index in [9.17, 15) is 4.79 Å². The Morgan fingerprint density at radius 2 is 1.78 bits per heavy atom. The van der Waals surface area contributed by atoms with Gasteiger partial charge in [-0.3, -0.25) is 0 Å². The van der Waals surface area contributed by atoms with Crippen molar-refractivity contribution in [3.63, 3.8) is 0 Å². The molecule has 0 atom stereocenters. The molecule has 0 saturated carbocycles. The van der Waals surface area contributed by atoms with E-state index in [1.54, 1.807) is 0 Å². The lowest BCUT2D eigenvalue weighted by atomic mass is 10.2. The number of hydrogen-bond acceptors (Lipinski definition) is 3. The van der Waals surface area contributed by atoms with Crippen molar-refractivity contribution in [1.82, 2.24) is 4.57 Å². The molecule has 0 unspecified atom stereocenters. The average molecular weight is 450 g/mol. The van der Waals surface area contributed by atoms with Crippen molar-refractivity contribution in [3.8, 4) is 5.69 Å². The average Bonchev–Trinajstić information content (AvgIpc) is 3.02. The van der Waals surface area contributed by atoms with Crippen LogP contribution in [0.1, 0.15) is 31.3 Å². The van der Waals surface area contributed by atoms with Gasteiger partial charge in [-0.15, -0.1) is 0 Å². The predicted octanol–water partition coefficient (Wildman–Crippen LogP) is 6.07. The van der Waals surface area contributed by atoms with Gasteiger partial charge in [0.1, 0.15) is 0 Å². The van der Waals surface area contributed by atoms with Gasteiger partial charge in [-0.05, 0) is 61.0 Å². The summed E-state index contributed by atoms with van der Waals surface area (Å²) in [6.45, 7) is 7.75. The Bertz CT molecular complexity index is 965. The summed E-state index contributed by atoms with van der Waals surface area (Å²) in [7, 11) is 0. The summed E-state index contributed by atoms with van der Waals surface area (Å²) in [6, 6.07) is 13.7. The molecule has 0 bridgehead atoms. The van der Waals surface area contributed by atoms with E-state index in [0.717, 1.165) is 39.8 Å². The second-order valence-corrected chi connectivity index (χ2v) is 7.25. The van der Waals surface area contributed by atoms with E-state index in [1.165, 1.54) is 0 Å². The van der Waals surface area contributed by atoms with Crippen LogP contribution in [0.5, 0.6) is 0 Å². The fourth-order valence-corrected chi connectivity index (χ4v) is 3.96. The van der Waals surface area contributed by atoms with E-state index in [-0.39, 0.29) is 5.97 Å². The van der Waals surface area contributed by atoms with Crippen molar-refractivity contribution in [2.24, 2.45) is 0 Å². The summed E-state index contributed by atoms with van der Waals surface area (Å²) in [4.78, 5) is 15.2. The highest BCUT2D eigenvalue weighted by Gasteiger charge is 2.29. The number of esters is 1. The SMILES string of the molecule is CCOC(=O)c1c(N(CC)CC)c2c(Cl)c(Br)ccc2n1-c1ccccc1. The Morgan fingerprint density at radius 1 is 1.11 bits per heavy atom. The number of carbonyl (C=O) groups is 1. The maximum Gasteiger partial charge on any atom is 0.357 e. The lowest BCUT2D eigenvalue weighted by Gasteiger charge is -2.22. The normalized spacial score (nSPS) is 11.0. The lowest BCUT2D eigenvalue weighted by Crippen LogP contribution is -2.25. The zero-order chi connectivity index (χ0) is 19.6. The zero-order valence-electron chi connectivity index (χ0n) is 15.6. The summed E-state index contributed by atoms with van der Waals surface area (Å²) in [5, 5.41) is 1.44. The van der Waals surface area contributed by atoms with Crippen LogP contribution >= 0.6 is 27.5 Å². The summed E-state index contributed by atoms with van der Waals surface area (Å²) < 4.78 is 8.17. The van der Waals surface area contributed by atoms with Crippen LogP contribution in [0, 0.1) is 0 Å². The van der Waals surface area contributed by atoms with Gasteiger partial charge in [-0.25, -0.2) is 4.79 Å². The lowest BCUT2D eigenvalue weighted by molar-refractivity contribution is 0.0518. The van der Waals surface area contributed by atoms with Crippen molar-refractivity contribution in [1.29, 1.82) is 0 Å². The molecule has 27 heavy (non-hydrogen) atoms. The van der Waals surface area contributed by atoms with E-state index in [0.29, 0.717) is 17.3 Å². The number of rotatable bonds is 6. The van der Waals surface area contributed by atoms with E-state index in [2.05, 4.69) is 34.7 Å². The molecule has 0 spiro atoms. The quantitative estimate of drug-likeness (QED) is 0.428. The third kappa shape index (κ3) is 3.46. The fourth-order valence-electron chi connectivity index (χ4n) is 3.38. The molecule has 4 nitrogen and oxygen atoms in total. The van der Waals surface area contributed by atoms with E-state index < -0.39 is 0 Å². The first kappa shape index (κ1) is 19.8. The van der Waals surface area contributed by atoms with Gasteiger partial charge in [-0.1, -0.05) is 29.8 Å². The van der Waals surface area contributed by atoms with Crippen molar-refractivity contribution >= 4 is 50.1 Å². The third-order valence-electron chi connectivity index (χ3n) is 4.56. The molecule has 0 aliphatic heterocycles. The molecule has 0 aliphatic carbocycles. The first-order valence-corrected chi connectivity index (χ1v) is 10.2. The van der Waals surface area contributed by atoms with Crippen molar-refractivity contribution in [2.75, 3.05) is 24.6 Å². The first-order valence-electron chi connectivity index (χ1n) is 9.04. The summed E-state index contributed by atoms with van der Waals surface area (Å²) in [6.07, 6.45) is 0. The van der Waals surface area contributed by atoms with Crippen molar-refractivity contribution in [3.05, 3.63) is 57.7 Å². The van der Waals surface area contributed by atoms with Gasteiger partial charge in [0.15, 0.2) is 5.69 Å². The Kier molecular flexibility index (Phi) is 6.12. The van der Waals surface area contributed by atoms with Crippen LogP contribution in [0.2, 0.25) is 5.02 Å². The van der Waals surface area contributed by atoms with Gasteiger partial charge >= 0.3 is 5.97 Å². The number of carbonyl (C=O) groups excluding carboxylic acids is 1. The van der Waals surface area contributed by atoms with Crippen LogP contribution in [0.25, 0.3) is 16.6 Å². The molecular formula is C21H22BrClN2O2. The van der Waals surface area contributed by atoms with Crippen LogP contribution in [-0.2, 0) is 4.74 Å². The van der Waals surface area contributed by atoms with Crippen LogP contribution in [0.15, 0.2) is 46.9 Å². The molecule has 0 N–H and O–H groups in total. The van der Waals surface area contributed by atoms with E-state index >= 15 is 0 Å². The molecule has 142 valence electrons. The minimum atomic E-state index is -0.355. The number of benzene rings is 2. The topological polar surface area (TPSA) is 34.5 Å². The third-order valence-corrected chi connectivity index (χ3v) is 5.84. The molecule has 0 aliphatic rings. The largest absolute Gasteiger partial charge is 0.461 e. The minimum Gasteiger partial charge on any atom is -0.461 e. The van der Waals surface area contributed by atoms with Crippen LogP contribution < -0.4 is 4.90 Å². The van der Waals surface area contributed by atoms with Gasteiger partial charge in [0.05, 0.1) is 22.8 Å². The smallest absolute Gasteiger partial charge is 0.357 e. The predicted molar refractivity (Wildman–Crippen MR) is 116 cm³/mol. The summed E-state index contributed by atoms with van der Waals surface area (Å²) in [5.41, 5.74) is 3.08. The molecule has 1 aromatic heterocycles. The second-order valence-electron chi connectivity index (χ2n) is 6.02. The zero-order valence-corrected chi connectivity index (χ0v) is 18.0. The Hall–Kier alpha value is -1.98. The molecule has 0 fully saturated rings. The number of halogens is 2. The minimum absolute atomic E-state index is 0.310. The molecule has 3 aromatic rings. The monoisotopic (exact) mass is 448 g/mol. The number of nitrogens with zero attached hydrogens (tertiary/aromatic N) is 2. The standard InChI is InChI=1S/C21H22BrClN2O2/c1-4-24(5-2)19-17-16(13-12-15(22)18(17)23)25(14-10-8-7-9-11-14)20(19)21(26)27-6-3/h7-13H,4-6H2,1-3H3. The Morgan fingerprint density at radius 3 is 2.37 bits per heavy atom. The van der Waals surface area contributed by atoms with Crippen molar-refractivity contribution in [2.45, 2.75) is 20.8 Å². The molecule has 0 radical (unpaired) electrons. The number of anilines is 1. The Labute approximate surface area is 172 Å². The van der Waals surface area contributed by atoms with E-state index in [4.69, 9.17) is 16.3 Å². The van der Waals surface area contributed by atoms with Crippen LogP contribution in [0.4, 0.5) is 5.69 Å². The highest BCUT2D eigenvalue weighted by molar-refractivity contribution is 9.10. The van der Waals surface area contributed by atoms with Gasteiger partial charge < -0.3 is 14.2 Å². The number of para-hydroxylation sites is 1. The highest BCUT2D eigenvalue weighted by Crippen LogP contribution is 2.43. The van der Waals surface area contributed by atoms with Gasteiger partial charge in [0, 0.05) is 28.6 Å². The van der Waals surface area contributed by atoms with Gasteiger partial charge in [0.2, 0.25) is 0 Å². The molecule has 0 saturated heterocycles. The number of fused-ring (bicyclic) bond motifs is 1. The number of aromatic nitrogens is 1. The molecular weight excluding hydrogens is 428 g/mol. The summed E-state index contributed by atoms with van der Waals surface area (Å²) >= 11 is 10.2. The second kappa shape index (κ2) is 8.36. The highest BCUT2D eigenvalue weighted by atomic mass is 79.9. The maximum absolute atomic E-state index is 13.0. The van der Waals surface area contributed by atoms with Crippen LogP contribution in [-0.4, -0.2) is 30.2 Å². The number of hydrogen-bond donors (Lipinski definition) is 0. The molecule has 1 heterocycles. The van der Waals surface area contributed by atoms with Crippen molar-refractivity contribution < 1.29 is 9.53 Å². The fraction of sp³-hybridized carbons (Fsp3) is 0.286. The number of ether oxygens (including phenoxy) is 1. The van der Waals surface area contributed by atoms with Gasteiger partial charge in [0.25, 0.3) is 0 Å². The Balaban J connectivity index is 2.50. The molecule has 0 amide bonds. The maximum atomic E-state index is 13.0. The summed E-state index contributed by atoms with van der Waals surface area (Å²) in [5.74, 6) is -0.355. The molecule has 2 aromatic carbocycles.